The summed E-state index contributed by atoms with van der Waals surface area (Å²) in [6.07, 6.45) is 8.47. The molecule has 0 radical (unpaired) electrons. The van der Waals surface area contributed by atoms with Crippen molar-refractivity contribution in [2.24, 2.45) is 0 Å². The number of nitrogens with one attached hydrogen (secondary N) is 2. The summed E-state index contributed by atoms with van der Waals surface area (Å²) in [6, 6.07) is 22.9. The molecule has 0 fully saturated rings. The number of alkyl halides is 1. The molecule has 0 bridgehead atoms. The van der Waals surface area contributed by atoms with Crippen LogP contribution in [0.1, 0.15) is 95.7 Å². The number of aromatic nitrogens is 1. The zero-order chi connectivity index (χ0) is 41.2. The van der Waals surface area contributed by atoms with Crippen LogP contribution in [0, 0.1) is 6.92 Å². The molecule has 0 aliphatic rings. The first-order chi connectivity index (χ1) is 27.4. The summed E-state index contributed by atoms with van der Waals surface area (Å²) in [4.78, 5) is 57.0. The van der Waals surface area contributed by atoms with E-state index in [1.807, 2.05) is 55.5 Å². The summed E-state index contributed by atoms with van der Waals surface area (Å²) < 4.78 is 16.7. The molecule has 4 rings (SSSR count). The summed E-state index contributed by atoms with van der Waals surface area (Å²) >= 11 is 3.49. The van der Waals surface area contributed by atoms with Crippen LogP contribution in [0.3, 0.4) is 0 Å². The number of pyridine rings is 1. The maximum atomic E-state index is 13.1. The van der Waals surface area contributed by atoms with E-state index in [4.69, 9.17) is 14.2 Å². The molecule has 3 aromatic carbocycles. The van der Waals surface area contributed by atoms with Gasteiger partial charge in [0, 0.05) is 29.9 Å². The Labute approximate surface area is 345 Å². The minimum atomic E-state index is -0.708. The molecule has 57 heavy (non-hydrogen) atoms. The second kappa shape index (κ2) is 22.7. The molecular weight excluding hydrogens is 788 g/mol. The summed E-state index contributed by atoms with van der Waals surface area (Å²) in [7, 11) is 1.30. The van der Waals surface area contributed by atoms with Gasteiger partial charge in [-0.05, 0) is 92.8 Å². The van der Waals surface area contributed by atoms with Crippen LogP contribution in [0.2, 0.25) is 0 Å². The molecule has 1 aromatic heterocycles. The van der Waals surface area contributed by atoms with E-state index in [1.54, 1.807) is 33.0 Å². The van der Waals surface area contributed by atoms with Crippen molar-refractivity contribution in [3.63, 3.8) is 0 Å². The van der Waals surface area contributed by atoms with Gasteiger partial charge in [-0.3, -0.25) is 19.3 Å². The van der Waals surface area contributed by atoms with E-state index in [-0.39, 0.29) is 31.8 Å². The standard InChI is InChI=1S/C45H57BrN4O7/c1-32-24-26-47-40(29-32)50(44(54)57-45(2,3)4)27-14-17-41(51)48-31-42(52)49-38(30-43(53)55-5)34-20-18-33(19-21-34)35-22-23-39(37-16-11-10-15-36(35)37)56-28-13-9-7-6-8-12-25-46/h10-11,15-16,18-24,26,29,38H,6-9,12-14,17,25,27-28,30-31H2,1-5H3,(H,48,51)(H,49,52)/t38-/m0/s1. The maximum Gasteiger partial charge on any atom is 0.416 e. The number of ether oxygens (including phenoxy) is 3. The molecule has 11 nitrogen and oxygen atoms in total. The highest BCUT2D eigenvalue weighted by Gasteiger charge is 2.25. The highest BCUT2D eigenvalue weighted by Crippen LogP contribution is 2.35. The molecular formula is C45H57BrN4O7. The fourth-order valence-corrected chi connectivity index (χ4v) is 6.72. The molecule has 2 N–H and O–H groups in total. The summed E-state index contributed by atoms with van der Waals surface area (Å²) in [6.45, 7) is 7.82. The minimum Gasteiger partial charge on any atom is -0.493 e. The van der Waals surface area contributed by atoms with E-state index in [2.05, 4.69) is 49.7 Å². The van der Waals surface area contributed by atoms with E-state index in [0.717, 1.165) is 51.4 Å². The highest BCUT2D eigenvalue weighted by molar-refractivity contribution is 9.09. The fraction of sp³-hybridized carbons (Fsp3) is 0.444. The van der Waals surface area contributed by atoms with Crippen LogP contribution in [0.15, 0.2) is 79.0 Å². The van der Waals surface area contributed by atoms with Crippen LogP contribution in [0.25, 0.3) is 21.9 Å². The highest BCUT2D eigenvalue weighted by atomic mass is 79.9. The van der Waals surface area contributed by atoms with E-state index in [9.17, 15) is 19.2 Å². The fourth-order valence-electron chi connectivity index (χ4n) is 6.33. The van der Waals surface area contributed by atoms with Crippen LogP contribution >= 0.6 is 15.9 Å². The predicted molar refractivity (Wildman–Crippen MR) is 229 cm³/mol. The molecule has 0 unspecified atom stereocenters. The Balaban J connectivity index is 1.34. The van der Waals surface area contributed by atoms with E-state index in [1.165, 1.54) is 37.7 Å². The average Bonchev–Trinajstić information content (AvgIpc) is 3.18. The number of nitrogens with zero attached hydrogens (tertiary/aromatic N) is 2. The van der Waals surface area contributed by atoms with Crippen molar-refractivity contribution in [2.45, 2.75) is 97.1 Å². The Morgan fingerprint density at radius 2 is 1.54 bits per heavy atom. The molecule has 1 heterocycles. The van der Waals surface area contributed by atoms with Gasteiger partial charge in [0.25, 0.3) is 0 Å². The normalized spacial score (nSPS) is 11.8. The monoisotopic (exact) mass is 844 g/mol. The third kappa shape index (κ3) is 14.8. The Morgan fingerprint density at radius 1 is 0.842 bits per heavy atom. The van der Waals surface area contributed by atoms with Gasteiger partial charge in [-0.2, -0.15) is 0 Å². The number of amides is 3. The lowest BCUT2D eigenvalue weighted by molar-refractivity contribution is -0.141. The lowest BCUT2D eigenvalue weighted by atomic mass is 9.95. The van der Waals surface area contributed by atoms with Gasteiger partial charge in [-0.25, -0.2) is 9.78 Å². The average molecular weight is 846 g/mol. The van der Waals surface area contributed by atoms with Crippen molar-refractivity contribution in [1.82, 2.24) is 15.6 Å². The Hall–Kier alpha value is -4.97. The van der Waals surface area contributed by atoms with Gasteiger partial charge in [0.15, 0.2) is 0 Å². The number of hydrogen-bond acceptors (Lipinski definition) is 8. The number of methoxy groups -OCH3 is 1. The number of carbonyl (C=O) groups is 4. The Kier molecular flexibility index (Phi) is 17.8. The second-order valence-corrected chi connectivity index (χ2v) is 15.8. The molecule has 4 aromatic rings. The van der Waals surface area contributed by atoms with Crippen molar-refractivity contribution < 1.29 is 33.4 Å². The van der Waals surface area contributed by atoms with Crippen molar-refractivity contribution in [2.75, 3.05) is 37.0 Å². The van der Waals surface area contributed by atoms with Crippen molar-refractivity contribution in [3.8, 4) is 16.9 Å². The Bertz CT molecular complexity index is 1930. The minimum absolute atomic E-state index is 0.0607. The first-order valence-corrected chi connectivity index (χ1v) is 20.9. The summed E-state index contributed by atoms with van der Waals surface area (Å²) in [5, 5.41) is 8.70. The van der Waals surface area contributed by atoms with E-state index in [0.29, 0.717) is 24.4 Å². The first kappa shape index (κ1) is 44.7. The molecule has 12 heteroatoms. The third-order valence-corrected chi connectivity index (χ3v) is 9.81. The number of aryl methyl sites for hydroxylation is 1. The number of benzene rings is 3. The van der Waals surface area contributed by atoms with Crippen LogP contribution in [-0.2, 0) is 23.9 Å². The molecule has 306 valence electrons. The van der Waals surface area contributed by atoms with Crippen LogP contribution < -0.4 is 20.3 Å². The molecule has 1 atom stereocenters. The summed E-state index contributed by atoms with van der Waals surface area (Å²) in [5.41, 5.74) is 2.95. The molecule has 0 saturated carbocycles. The third-order valence-electron chi connectivity index (χ3n) is 9.25. The number of fused-ring (bicyclic) bond motifs is 1. The van der Waals surface area contributed by atoms with Gasteiger partial charge in [-0.15, -0.1) is 0 Å². The molecule has 3 amide bonds. The molecule has 0 aliphatic heterocycles. The summed E-state index contributed by atoms with van der Waals surface area (Å²) in [5.74, 6) is -0.0157. The van der Waals surface area contributed by atoms with Gasteiger partial charge < -0.3 is 24.8 Å². The Morgan fingerprint density at radius 3 is 2.23 bits per heavy atom. The van der Waals surface area contributed by atoms with Crippen molar-refractivity contribution in [1.29, 1.82) is 0 Å². The van der Waals surface area contributed by atoms with Crippen molar-refractivity contribution >= 4 is 56.4 Å². The van der Waals surface area contributed by atoms with Gasteiger partial charge >= 0.3 is 12.1 Å². The van der Waals surface area contributed by atoms with Gasteiger partial charge in [0.1, 0.15) is 17.2 Å². The number of unbranched alkanes of at least 4 members (excludes halogenated alkanes) is 5. The first-order valence-electron chi connectivity index (χ1n) is 19.8. The molecule has 0 aliphatic carbocycles. The lowest BCUT2D eigenvalue weighted by Crippen LogP contribution is -2.40. The number of carbonyl (C=O) groups excluding carboxylic acids is 4. The van der Waals surface area contributed by atoms with Crippen LogP contribution in [0.5, 0.6) is 5.75 Å². The molecule has 0 saturated heterocycles. The van der Waals surface area contributed by atoms with Crippen molar-refractivity contribution in [3.05, 3.63) is 90.1 Å². The topological polar surface area (TPSA) is 136 Å². The van der Waals surface area contributed by atoms with E-state index < -0.39 is 29.6 Å². The number of esters is 1. The second-order valence-electron chi connectivity index (χ2n) is 15.0. The van der Waals surface area contributed by atoms with Gasteiger partial charge in [-0.1, -0.05) is 96.2 Å². The van der Waals surface area contributed by atoms with Crippen LogP contribution in [-0.4, -0.2) is 66.6 Å². The van der Waals surface area contributed by atoms with Crippen LogP contribution in [0.4, 0.5) is 10.6 Å². The number of rotatable bonds is 21. The quantitative estimate of drug-likeness (QED) is 0.0481. The smallest absolute Gasteiger partial charge is 0.416 e. The number of halogens is 1. The zero-order valence-corrected chi connectivity index (χ0v) is 35.5. The number of anilines is 1. The van der Waals surface area contributed by atoms with Gasteiger partial charge in [0.05, 0.1) is 32.7 Å². The molecule has 0 spiro atoms. The van der Waals surface area contributed by atoms with Gasteiger partial charge in [0.2, 0.25) is 11.8 Å². The predicted octanol–water partition coefficient (Wildman–Crippen LogP) is 9.38. The zero-order valence-electron chi connectivity index (χ0n) is 33.9. The largest absolute Gasteiger partial charge is 0.493 e. The maximum absolute atomic E-state index is 13.1. The number of hydrogen-bond donors (Lipinski definition) is 2. The lowest BCUT2D eigenvalue weighted by Gasteiger charge is -2.27. The van der Waals surface area contributed by atoms with E-state index >= 15 is 0 Å². The SMILES string of the molecule is COC(=O)C[C@H](NC(=O)CNC(=O)CCCN(C(=O)OC(C)(C)C)c1cc(C)ccn1)c1ccc(-c2ccc(OCCCCCCCCBr)c3ccccc23)cc1.